The first-order valence-electron chi connectivity index (χ1n) is 6.46. The van der Waals surface area contributed by atoms with Gasteiger partial charge in [-0.3, -0.25) is 4.79 Å². The average Bonchev–Trinajstić information content (AvgIpc) is 2.44. The lowest BCUT2D eigenvalue weighted by molar-refractivity contribution is -0.125. The van der Waals surface area contributed by atoms with Crippen LogP contribution < -0.4 is 5.32 Å². The highest BCUT2D eigenvalue weighted by atomic mass is 79.9. The number of nitrogens with one attached hydrogen (secondary N) is 1. The highest BCUT2D eigenvalue weighted by molar-refractivity contribution is 9.10. The maximum atomic E-state index is 13.6. The minimum absolute atomic E-state index is 0.000104. The highest BCUT2D eigenvalue weighted by Gasteiger charge is 2.13. The Morgan fingerprint density at radius 1 is 1.55 bits per heavy atom. The van der Waals surface area contributed by atoms with Crippen molar-refractivity contribution in [3.63, 3.8) is 0 Å². The number of benzene rings is 1. The van der Waals surface area contributed by atoms with E-state index in [0.29, 0.717) is 18.6 Å². The third-order valence-electron chi connectivity index (χ3n) is 2.80. The van der Waals surface area contributed by atoms with Gasteiger partial charge in [-0.25, -0.2) is 4.39 Å². The number of carbonyl (C=O) groups excluding carboxylic acids is 1. The summed E-state index contributed by atoms with van der Waals surface area (Å²) in [4.78, 5) is 11.4. The Morgan fingerprint density at radius 2 is 2.30 bits per heavy atom. The summed E-state index contributed by atoms with van der Waals surface area (Å²) in [7, 11) is 0. The van der Waals surface area contributed by atoms with E-state index in [1.807, 2.05) is 0 Å². The van der Waals surface area contributed by atoms with Crippen molar-refractivity contribution in [3.05, 3.63) is 34.1 Å². The molecule has 0 heterocycles. The first-order chi connectivity index (χ1) is 9.56. The van der Waals surface area contributed by atoms with Crippen molar-refractivity contribution in [1.29, 1.82) is 0 Å². The minimum atomic E-state index is -0.313. The number of hydrogen-bond donors (Lipinski definition) is 2. The molecule has 1 atom stereocenters. The fourth-order valence-corrected chi connectivity index (χ4v) is 2.12. The van der Waals surface area contributed by atoms with Crippen LogP contribution in [-0.4, -0.2) is 37.4 Å². The van der Waals surface area contributed by atoms with E-state index in [2.05, 4.69) is 21.2 Å². The smallest absolute Gasteiger partial charge is 0.246 e. The summed E-state index contributed by atoms with van der Waals surface area (Å²) in [6.45, 7) is 2.44. The van der Waals surface area contributed by atoms with Crippen LogP contribution in [0.4, 0.5) is 4.39 Å². The van der Waals surface area contributed by atoms with Crippen molar-refractivity contribution in [1.82, 2.24) is 5.32 Å². The van der Waals surface area contributed by atoms with Crippen LogP contribution in [-0.2, 0) is 16.0 Å². The molecule has 6 heteroatoms. The second-order valence-corrected chi connectivity index (χ2v) is 5.35. The Balaban J connectivity index is 2.50. The number of halogens is 2. The van der Waals surface area contributed by atoms with Crippen molar-refractivity contribution in [2.75, 3.05) is 26.4 Å². The van der Waals surface area contributed by atoms with E-state index in [0.717, 1.165) is 4.47 Å². The molecule has 0 saturated carbocycles. The Labute approximate surface area is 126 Å². The summed E-state index contributed by atoms with van der Waals surface area (Å²) in [5.74, 6) is -0.781. The van der Waals surface area contributed by atoms with Gasteiger partial charge in [0.2, 0.25) is 5.91 Å². The van der Waals surface area contributed by atoms with Crippen LogP contribution in [0.3, 0.4) is 0 Å². The fourth-order valence-electron chi connectivity index (χ4n) is 1.72. The van der Waals surface area contributed by atoms with E-state index in [9.17, 15) is 14.3 Å². The van der Waals surface area contributed by atoms with Crippen LogP contribution in [0.5, 0.6) is 0 Å². The molecular formula is C14H19BrFNO3. The summed E-state index contributed by atoms with van der Waals surface area (Å²) < 4.78 is 19.4. The molecule has 0 aliphatic carbocycles. The van der Waals surface area contributed by atoms with Gasteiger partial charge in [0, 0.05) is 30.1 Å². The van der Waals surface area contributed by atoms with Crippen LogP contribution in [0.15, 0.2) is 22.7 Å². The molecule has 0 bridgehead atoms. The molecular weight excluding hydrogens is 329 g/mol. The molecule has 4 nitrogen and oxygen atoms in total. The van der Waals surface area contributed by atoms with Crippen molar-refractivity contribution in [3.8, 4) is 0 Å². The SMILES string of the molecule is CCOCC(=O)NC[C@H](CO)Cc1cc(Br)ccc1F. The molecule has 0 aliphatic rings. The number of aliphatic hydroxyl groups excluding tert-OH is 1. The van der Waals surface area contributed by atoms with Crippen molar-refractivity contribution in [2.24, 2.45) is 5.92 Å². The van der Waals surface area contributed by atoms with Gasteiger partial charge in [-0.1, -0.05) is 15.9 Å². The zero-order valence-electron chi connectivity index (χ0n) is 11.4. The van der Waals surface area contributed by atoms with Gasteiger partial charge in [0.25, 0.3) is 0 Å². The molecule has 1 aromatic rings. The van der Waals surface area contributed by atoms with Gasteiger partial charge in [-0.2, -0.15) is 0 Å². The predicted octanol–water partition coefficient (Wildman–Crippen LogP) is 1.89. The second kappa shape index (κ2) is 9.05. The van der Waals surface area contributed by atoms with Gasteiger partial charge in [0.15, 0.2) is 0 Å². The lowest BCUT2D eigenvalue weighted by Crippen LogP contribution is -2.34. The van der Waals surface area contributed by atoms with Crippen molar-refractivity contribution >= 4 is 21.8 Å². The van der Waals surface area contributed by atoms with E-state index in [-0.39, 0.29) is 37.4 Å². The topological polar surface area (TPSA) is 58.6 Å². The number of ether oxygens (including phenoxy) is 1. The first kappa shape index (κ1) is 17.1. The summed E-state index contributed by atoms with van der Waals surface area (Å²) in [5, 5.41) is 12.0. The van der Waals surface area contributed by atoms with Crippen LogP contribution in [0.2, 0.25) is 0 Å². The second-order valence-electron chi connectivity index (χ2n) is 4.43. The van der Waals surface area contributed by atoms with Crippen LogP contribution >= 0.6 is 15.9 Å². The molecule has 0 saturated heterocycles. The van der Waals surface area contributed by atoms with E-state index in [4.69, 9.17) is 4.74 Å². The molecule has 0 radical (unpaired) electrons. The largest absolute Gasteiger partial charge is 0.396 e. The normalized spacial score (nSPS) is 12.2. The van der Waals surface area contributed by atoms with Gasteiger partial charge in [0.1, 0.15) is 12.4 Å². The van der Waals surface area contributed by atoms with E-state index in [1.165, 1.54) is 6.07 Å². The third-order valence-corrected chi connectivity index (χ3v) is 3.29. The van der Waals surface area contributed by atoms with Gasteiger partial charge < -0.3 is 15.2 Å². The maximum absolute atomic E-state index is 13.6. The van der Waals surface area contributed by atoms with Crippen LogP contribution in [0, 0.1) is 11.7 Å². The molecule has 1 aromatic carbocycles. The lowest BCUT2D eigenvalue weighted by atomic mass is 9.99. The predicted molar refractivity (Wildman–Crippen MR) is 77.9 cm³/mol. The quantitative estimate of drug-likeness (QED) is 0.754. The lowest BCUT2D eigenvalue weighted by Gasteiger charge is -2.16. The highest BCUT2D eigenvalue weighted by Crippen LogP contribution is 2.18. The number of amides is 1. The van der Waals surface area contributed by atoms with Crippen molar-refractivity contribution in [2.45, 2.75) is 13.3 Å². The Kier molecular flexibility index (Phi) is 7.72. The molecule has 0 unspecified atom stereocenters. The molecule has 20 heavy (non-hydrogen) atoms. The molecule has 112 valence electrons. The number of aliphatic hydroxyl groups is 1. The Hall–Kier alpha value is -0.980. The summed E-state index contributed by atoms with van der Waals surface area (Å²) >= 11 is 3.28. The van der Waals surface area contributed by atoms with Crippen molar-refractivity contribution < 1.29 is 19.0 Å². The van der Waals surface area contributed by atoms with E-state index >= 15 is 0 Å². The first-order valence-corrected chi connectivity index (χ1v) is 7.25. The molecule has 2 N–H and O–H groups in total. The van der Waals surface area contributed by atoms with Gasteiger partial charge >= 0.3 is 0 Å². The summed E-state index contributed by atoms with van der Waals surface area (Å²) in [6.07, 6.45) is 0.358. The molecule has 1 amide bonds. The zero-order chi connectivity index (χ0) is 15.0. The van der Waals surface area contributed by atoms with Crippen LogP contribution in [0.25, 0.3) is 0 Å². The van der Waals surface area contributed by atoms with E-state index < -0.39 is 0 Å². The number of carbonyl (C=O) groups is 1. The molecule has 0 aliphatic heterocycles. The number of rotatable bonds is 8. The molecule has 0 spiro atoms. The van der Waals surface area contributed by atoms with Gasteiger partial charge in [0.05, 0.1) is 0 Å². The molecule has 0 aromatic heterocycles. The minimum Gasteiger partial charge on any atom is -0.396 e. The Morgan fingerprint density at radius 3 is 2.95 bits per heavy atom. The fraction of sp³-hybridized carbons (Fsp3) is 0.500. The van der Waals surface area contributed by atoms with Gasteiger partial charge in [-0.15, -0.1) is 0 Å². The molecule has 1 rings (SSSR count). The zero-order valence-corrected chi connectivity index (χ0v) is 13.0. The Bertz CT molecular complexity index is 442. The summed E-state index contributed by atoms with van der Waals surface area (Å²) in [5.41, 5.74) is 0.512. The maximum Gasteiger partial charge on any atom is 0.246 e. The molecule has 0 fully saturated rings. The van der Waals surface area contributed by atoms with E-state index in [1.54, 1.807) is 19.1 Å². The summed E-state index contributed by atoms with van der Waals surface area (Å²) in [6, 6.07) is 4.68. The van der Waals surface area contributed by atoms with Crippen LogP contribution in [0.1, 0.15) is 12.5 Å². The standard InChI is InChI=1S/C14H19BrFNO3/c1-2-20-9-14(19)17-7-10(8-18)5-11-6-12(15)3-4-13(11)16/h3-4,6,10,18H,2,5,7-9H2,1H3,(H,17,19)/t10-/m1/s1. The average molecular weight is 348 g/mol. The third kappa shape index (κ3) is 5.98. The number of hydrogen-bond acceptors (Lipinski definition) is 3. The van der Waals surface area contributed by atoms with Gasteiger partial charge in [-0.05, 0) is 37.1 Å². The monoisotopic (exact) mass is 347 g/mol.